The van der Waals surface area contributed by atoms with Gasteiger partial charge in [0, 0.05) is 11.6 Å². The Labute approximate surface area is 148 Å². The van der Waals surface area contributed by atoms with E-state index in [-0.39, 0.29) is 23.8 Å². The van der Waals surface area contributed by atoms with Gasteiger partial charge in [0.25, 0.3) is 5.91 Å². The Hall–Kier alpha value is -1.86. The number of aliphatic carboxylic acids is 1. The van der Waals surface area contributed by atoms with Gasteiger partial charge in [0.2, 0.25) is 0 Å². The van der Waals surface area contributed by atoms with Crippen LogP contribution in [0.2, 0.25) is 5.02 Å². The van der Waals surface area contributed by atoms with E-state index < -0.39 is 34.8 Å². The Bertz CT molecular complexity index is 702. The molecule has 3 N–H and O–H groups in total. The van der Waals surface area contributed by atoms with Crippen molar-refractivity contribution in [3.8, 4) is 5.75 Å². The average molecular weight is 372 g/mol. The molecule has 3 fully saturated rings. The van der Waals surface area contributed by atoms with Crippen molar-refractivity contribution in [1.29, 1.82) is 0 Å². The molecule has 1 atom stereocenters. The number of carbonyl (C=O) groups excluding carboxylic acids is 1. The van der Waals surface area contributed by atoms with E-state index in [1.807, 2.05) is 0 Å². The van der Waals surface area contributed by atoms with E-state index in [2.05, 4.69) is 5.32 Å². The van der Waals surface area contributed by atoms with Gasteiger partial charge in [-0.3, -0.25) is 9.59 Å². The van der Waals surface area contributed by atoms with Crippen molar-refractivity contribution in [3.63, 3.8) is 0 Å². The average Bonchev–Trinajstić information content (AvgIpc) is 2.56. The van der Waals surface area contributed by atoms with E-state index >= 15 is 0 Å². The van der Waals surface area contributed by atoms with Crippen molar-refractivity contribution < 1.29 is 28.9 Å². The molecule has 1 aromatic carbocycles. The van der Waals surface area contributed by atoms with Crippen LogP contribution < -0.4 is 10.1 Å². The molecule has 0 radical (unpaired) electrons. The summed E-state index contributed by atoms with van der Waals surface area (Å²) in [5.74, 6) is -1.82. The van der Waals surface area contributed by atoms with Gasteiger partial charge < -0.3 is 20.3 Å². The van der Waals surface area contributed by atoms with E-state index in [1.54, 1.807) is 0 Å². The second-order valence-corrected chi connectivity index (χ2v) is 7.28. The number of nitrogens with one attached hydrogen (secondary N) is 1. The first kappa shape index (κ1) is 17.9. The monoisotopic (exact) mass is 371 g/mol. The largest absolute Gasteiger partial charge is 0.484 e. The van der Waals surface area contributed by atoms with Crippen molar-refractivity contribution >= 4 is 23.5 Å². The summed E-state index contributed by atoms with van der Waals surface area (Å²) in [6.07, 6.45) is 0.870. The van der Waals surface area contributed by atoms with Gasteiger partial charge in [0.05, 0.1) is 16.5 Å². The number of carbonyl (C=O) groups is 2. The summed E-state index contributed by atoms with van der Waals surface area (Å²) in [6.45, 7) is -0.303. The molecule has 4 rings (SSSR count). The lowest BCUT2D eigenvalue weighted by Gasteiger charge is -2.54. The normalized spacial score (nSPS) is 30.8. The minimum atomic E-state index is -1.09. The Balaban J connectivity index is 1.58. The van der Waals surface area contributed by atoms with Crippen LogP contribution in [-0.4, -0.2) is 40.3 Å². The molecular weight excluding hydrogens is 353 g/mol. The molecular formula is C17H19ClFNO5. The standard InChI is InChI=1S/C17H19ClFNO5/c18-11-2-1-10(7-12(11)19)25-9-14(22)20-16-3-5-17(6-4-16,15(23)24)13(21)8-16/h1-2,7,13,21H,3-6,8-9H2,(H,20,22)(H,23,24)/t13-,16?,17?/m0/s1. The highest BCUT2D eigenvalue weighted by Gasteiger charge is 2.58. The number of carboxylic acids is 1. The molecule has 8 heteroatoms. The summed E-state index contributed by atoms with van der Waals surface area (Å²) in [6, 6.07) is 3.90. The topological polar surface area (TPSA) is 95.9 Å². The first-order valence-corrected chi connectivity index (χ1v) is 8.45. The molecule has 0 saturated heterocycles. The number of fused-ring (bicyclic) bond motifs is 3. The zero-order valence-corrected chi connectivity index (χ0v) is 14.2. The van der Waals surface area contributed by atoms with Crippen molar-refractivity contribution in [1.82, 2.24) is 5.32 Å². The molecule has 0 unspecified atom stereocenters. The number of ether oxygens (including phenoxy) is 1. The highest BCUT2D eigenvalue weighted by Crippen LogP contribution is 2.52. The summed E-state index contributed by atoms with van der Waals surface area (Å²) in [4.78, 5) is 23.7. The van der Waals surface area contributed by atoms with E-state index in [0.29, 0.717) is 25.7 Å². The molecule has 3 aliphatic rings. The molecule has 1 amide bonds. The summed E-state index contributed by atoms with van der Waals surface area (Å²) < 4.78 is 18.6. The highest BCUT2D eigenvalue weighted by molar-refractivity contribution is 6.30. The Morgan fingerprint density at radius 3 is 2.56 bits per heavy atom. The molecule has 25 heavy (non-hydrogen) atoms. The predicted molar refractivity (Wildman–Crippen MR) is 86.9 cm³/mol. The minimum Gasteiger partial charge on any atom is -0.484 e. The fraction of sp³-hybridized carbons (Fsp3) is 0.529. The van der Waals surface area contributed by atoms with Crippen LogP contribution in [0.3, 0.4) is 0 Å². The third-order valence-electron chi connectivity index (χ3n) is 5.41. The van der Waals surface area contributed by atoms with Crippen LogP contribution in [0.4, 0.5) is 4.39 Å². The maximum atomic E-state index is 13.4. The molecule has 6 nitrogen and oxygen atoms in total. The summed E-state index contributed by atoms with van der Waals surface area (Å²) in [5.41, 5.74) is -1.70. The van der Waals surface area contributed by atoms with Crippen LogP contribution in [0, 0.1) is 11.2 Å². The van der Waals surface area contributed by atoms with Gasteiger partial charge in [-0.2, -0.15) is 0 Å². The van der Waals surface area contributed by atoms with Gasteiger partial charge in [-0.05, 0) is 44.2 Å². The quantitative estimate of drug-likeness (QED) is 0.736. The van der Waals surface area contributed by atoms with Crippen LogP contribution in [0.15, 0.2) is 18.2 Å². The third kappa shape index (κ3) is 3.30. The van der Waals surface area contributed by atoms with E-state index in [9.17, 15) is 24.2 Å². The summed E-state index contributed by atoms with van der Waals surface area (Å²) >= 11 is 5.59. The Morgan fingerprint density at radius 2 is 2.00 bits per heavy atom. The van der Waals surface area contributed by atoms with Crippen molar-refractivity contribution in [2.45, 2.75) is 43.7 Å². The van der Waals surface area contributed by atoms with Gasteiger partial charge in [0.15, 0.2) is 6.61 Å². The molecule has 2 bridgehead atoms. The van der Waals surface area contributed by atoms with E-state index in [4.69, 9.17) is 16.3 Å². The zero-order chi connectivity index (χ0) is 18.2. The number of amides is 1. The van der Waals surface area contributed by atoms with E-state index in [0.717, 1.165) is 6.07 Å². The SMILES string of the molecule is O=C(COc1ccc(Cl)c(F)c1)NC12CCC(C(=O)O)(CC1)[C@@H](O)C2. The number of aliphatic hydroxyl groups is 1. The number of benzene rings is 1. The maximum Gasteiger partial charge on any atom is 0.312 e. The molecule has 0 aliphatic heterocycles. The number of halogens is 2. The smallest absolute Gasteiger partial charge is 0.312 e. The molecule has 136 valence electrons. The van der Waals surface area contributed by atoms with Crippen LogP contribution in [0.1, 0.15) is 32.1 Å². The van der Waals surface area contributed by atoms with E-state index in [1.165, 1.54) is 12.1 Å². The number of hydrogen-bond acceptors (Lipinski definition) is 4. The van der Waals surface area contributed by atoms with Crippen molar-refractivity contribution in [3.05, 3.63) is 29.0 Å². The number of aliphatic hydroxyl groups excluding tert-OH is 1. The lowest BCUT2D eigenvalue weighted by Crippen LogP contribution is -2.64. The second kappa shape index (κ2) is 6.46. The zero-order valence-electron chi connectivity index (χ0n) is 13.4. The molecule has 1 aromatic rings. The third-order valence-corrected chi connectivity index (χ3v) is 5.72. The van der Waals surface area contributed by atoms with Gasteiger partial charge >= 0.3 is 5.97 Å². The summed E-state index contributed by atoms with van der Waals surface area (Å²) in [5, 5.41) is 22.5. The van der Waals surface area contributed by atoms with Gasteiger partial charge in [-0.25, -0.2) is 4.39 Å². The van der Waals surface area contributed by atoms with Crippen molar-refractivity contribution in [2.75, 3.05) is 6.61 Å². The van der Waals surface area contributed by atoms with Gasteiger partial charge in [0.1, 0.15) is 11.6 Å². The molecule has 3 aliphatic carbocycles. The minimum absolute atomic E-state index is 0.0315. The molecule has 0 aromatic heterocycles. The lowest BCUT2D eigenvalue weighted by molar-refractivity contribution is -0.173. The van der Waals surface area contributed by atoms with Crippen LogP contribution >= 0.6 is 11.6 Å². The maximum absolute atomic E-state index is 13.4. The lowest BCUT2D eigenvalue weighted by atomic mass is 9.55. The molecule has 0 heterocycles. The number of rotatable bonds is 5. The fourth-order valence-corrected chi connectivity index (χ4v) is 3.97. The van der Waals surface area contributed by atoms with Crippen LogP contribution in [0.25, 0.3) is 0 Å². The predicted octanol–water partition coefficient (Wildman–Crippen LogP) is 2.12. The summed E-state index contributed by atoms with van der Waals surface area (Å²) in [7, 11) is 0. The van der Waals surface area contributed by atoms with Crippen LogP contribution in [0.5, 0.6) is 5.75 Å². The van der Waals surface area contributed by atoms with Gasteiger partial charge in [-0.1, -0.05) is 11.6 Å². The molecule has 0 spiro atoms. The number of carboxylic acid groups (broad SMARTS) is 1. The number of hydrogen-bond donors (Lipinski definition) is 3. The fourth-order valence-electron chi connectivity index (χ4n) is 3.86. The van der Waals surface area contributed by atoms with Crippen molar-refractivity contribution in [2.24, 2.45) is 5.41 Å². The van der Waals surface area contributed by atoms with Crippen LogP contribution in [-0.2, 0) is 9.59 Å². The van der Waals surface area contributed by atoms with Gasteiger partial charge in [-0.15, -0.1) is 0 Å². The Morgan fingerprint density at radius 1 is 1.32 bits per heavy atom. The highest BCUT2D eigenvalue weighted by atomic mass is 35.5. The first-order chi connectivity index (χ1) is 11.8. The molecule has 3 saturated carbocycles. The first-order valence-electron chi connectivity index (χ1n) is 8.07. The Kier molecular flexibility index (Phi) is 4.64. The second-order valence-electron chi connectivity index (χ2n) is 6.87.